The van der Waals surface area contributed by atoms with Gasteiger partial charge in [-0.3, -0.25) is 15.0 Å². The van der Waals surface area contributed by atoms with Gasteiger partial charge in [-0.15, -0.1) is 4.83 Å². The Kier molecular flexibility index (Phi) is 8.17. The number of hydrazine groups is 1. The second-order valence-electron chi connectivity index (χ2n) is 5.94. The molecule has 9 heteroatoms. The lowest BCUT2D eigenvalue weighted by atomic mass is 10.1. The van der Waals surface area contributed by atoms with Crippen LogP contribution in [0.2, 0.25) is 0 Å². The van der Waals surface area contributed by atoms with Crippen LogP contribution in [0.15, 0.2) is 53.4 Å². The number of amides is 1. The minimum Gasteiger partial charge on any atom is -0.494 e. The highest BCUT2D eigenvalue weighted by Gasteiger charge is 2.16. The molecule has 8 nitrogen and oxygen atoms in total. The predicted molar refractivity (Wildman–Crippen MR) is 107 cm³/mol. The second kappa shape index (κ2) is 10.6. The van der Waals surface area contributed by atoms with E-state index in [-0.39, 0.29) is 23.5 Å². The maximum absolute atomic E-state index is 12.2. The molecule has 2 aromatic rings. The van der Waals surface area contributed by atoms with Crippen molar-refractivity contribution in [1.82, 2.24) is 10.3 Å². The average molecular weight is 420 g/mol. The maximum Gasteiger partial charge on any atom is 0.257 e. The molecule has 0 saturated heterocycles. The number of hydrogen-bond acceptors (Lipinski definition) is 6. The van der Waals surface area contributed by atoms with E-state index in [0.717, 1.165) is 0 Å². The van der Waals surface area contributed by atoms with Crippen molar-refractivity contribution in [3.8, 4) is 11.5 Å². The minimum absolute atomic E-state index is 0.0216. The smallest absolute Gasteiger partial charge is 0.257 e. The van der Waals surface area contributed by atoms with E-state index in [1.807, 2.05) is 18.7 Å². The number of carbonyl (C=O) groups excluding carboxylic acids is 2. The molecule has 0 aliphatic carbocycles. The highest BCUT2D eigenvalue weighted by molar-refractivity contribution is 7.89. The number of carbonyl (C=O) groups is 2. The first-order valence-electron chi connectivity index (χ1n) is 9.15. The third-order valence-electron chi connectivity index (χ3n) is 3.84. The number of nitrogens with one attached hydrogen (secondary N) is 2. The van der Waals surface area contributed by atoms with E-state index in [2.05, 4.69) is 5.43 Å². The standard InChI is InChI=1S/C20H24N2O6S/c1-3-27-16-7-5-15(6-8-16)19(23)13-14-20(24)21-22-29(25,26)18-11-9-17(10-12-18)28-4-2/h5-12,22H,3-4,13-14H2,1-2H3,(H,21,24). The van der Waals surface area contributed by atoms with E-state index in [1.54, 1.807) is 24.3 Å². The molecule has 0 saturated carbocycles. The van der Waals surface area contributed by atoms with Crippen molar-refractivity contribution in [2.24, 2.45) is 0 Å². The molecule has 2 N–H and O–H groups in total. The van der Waals surface area contributed by atoms with Crippen LogP contribution in [0.5, 0.6) is 11.5 Å². The average Bonchev–Trinajstić information content (AvgIpc) is 2.72. The number of ketones is 1. The van der Waals surface area contributed by atoms with Gasteiger partial charge < -0.3 is 9.47 Å². The van der Waals surface area contributed by atoms with Crippen LogP contribution in [0, 0.1) is 0 Å². The van der Waals surface area contributed by atoms with Gasteiger partial charge in [-0.1, -0.05) is 0 Å². The molecule has 0 aliphatic rings. The summed E-state index contributed by atoms with van der Waals surface area (Å²) >= 11 is 0. The molecule has 0 unspecified atom stereocenters. The monoisotopic (exact) mass is 420 g/mol. The Labute approximate surface area is 170 Å². The molecule has 0 aliphatic heterocycles. The Morgan fingerprint density at radius 1 is 0.828 bits per heavy atom. The lowest BCUT2D eigenvalue weighted by Gasteiger charge is -2.09. The van der Waals surface area contributed by atoms with Crippen molar-refractivity contribution in [2.75, 3.05) is 13.2 Å². The Morgan fingerprint density at radius 3 is 1.86 bits per heavy atom. The molecule has 0 aromatic heterocycles. The van der Waals surface area contributed by atoms with Crippen LogP contribution in [-0.4, -0.2) is 33.3 Å². The minimum atomic E-state index is -3.92. The van der Waals surface area contributed by atoms with Crippen molar-refractivity contribution < 1.29 is 27.5 Å². The molecule has 29 heavy (non-hydrogen) atoms. The normalized spacial score (nSPS) is 11.0. The Balaban J connectivity index is 1.83. The largest absolute Gasteiger partial charge is 0.494 e. The van der Waals surface area contributed by atoms with Crippen LogP contribution in [0.4, 0.5) is 0 Å². The van der Waals surface area contributed by atoms with Crippen LogP contribution < -0.4 is 19.7 Å². The van der Waals surface area contributed by atoms with Crippen molar-refractivity contribution in [3.63, 3.8) is 0 Å². The van der Waals surface area contributed by atoms with E-state index in [9.17, 15) is 18.0 Å². The molecule has 0 spiro atoms. The van der Waals surface area contributed by atoms with Gasteiger partial charge in [0.15, 0.2) is 5.78 Å². The van der Waals surface area contributed by atoms with Crippen molar-refractivity contribution in [1.29, 1.82) is 0 Å². The van der Waals surface area contributed by atoms with Crippen LogP contribution in [-0.2, 0) is 14.8 Å². The van der Waals surface area contributed by atoms with Gasteiger partial charge in [-0.05, 0) is 62.4 Å². The Morgan fingerprint density at radius 2 is 1.34 bits per heavy atom. The summed E-state index contributed by atoms with van der Waals surface area (Å²) in [5.74, 6) is 0.366. The van der Waals surface area contributed by atoms with E-state index in [1.165, 1.54) is 24.3 Å². The quantitative estimate of drug-likeness (QED) is 0.427. The van der Waals surface area contributed by atoms with Gasteiger partial charge >= 0.3 is 0 Å². The van der Waals surface area contributed by atoms with Crippen LogP contribution in [0.1, 0.15) is 37.0 Å². The van der Waals surface area contributed by atoms with Gasteiger partial charge in [0.2, 0.25) is 5.91 Å². The lowest BCUT2D eigenvalue weighted by Crippen LogP contribution is -2.41. The maximum atomic E-state index is 12.2. The van der Waals surface area contributed by atoms with Crippen LogP contribution in [0.3, 0.4) is 0 Å². The van der Waals surface area contributed by atoms with Gasteiger partial charge in [-0.25, -0.2) is 8.42 Å². The number of hydrogen-bond donors (Lipinski definition) is 2. The number of ether oxygens (including phenoxy) is 2. The number of benzene rings is 2. The van der Waals surface area contributed by atoms with E-state index < -0.39 is 15.9 Å². The molecule has 0 radical (unpaired) electrons. The highest BCUT2D eigenvalue weighted by Crippen LogP contribution is 2.16. The molecule has 0 bridgehead atoms. The third-order valence-corrected chi connectivity index (χ3v) is 5.10. The summed E-state index contributed by atoms with van der Waals surface area (Å²) in [4.78, 5) is 26.1. The Bertz CT molecular complexity index is 924. The fraction of sp³-hybridized carbons (Fsp3) is 0.300. The van der Waals surface area contributed by atoms with Gasteiger partial charge in [-0.2, -0.15) is 0 Å². The zero-order valence-corrected chi connectivity index (χ0v) is 17.1. The number of sulfonamides is 1. The molecule has 1 amide bonds. The number of rotatable bonds is 11. The first-order chi connectivity index (χ1) is 13.9. The summed E-state index contributed by atoms with van der Waals surface area (Å²) < 4.78 is 35.0. The fourth-order valence-electron chi connectivity index (χ4n) is 2.40. The van der Waals surface area contributed by atoms with E-state index in [4.69, 9.17) is 9.47 Å². The summed E-state index contributed by atoms with van der Waals surface area (Å²) in [6, 6.07) is 12.4. The fourth-order valence-corrected chi connectivity index (χ4v) is 3.26. The number of Topliss-reactive ketones (excluding diaryl/α,β-unsaturated/α-hetero) is 1. The summed E-state index contributed by atoms with van der Waals surface area (Å²) in [7, 11) is -3.92. The molecule has 2 rings (SSSR count). The zero-order valence-electron chi connectivity index (χ0n) is 16.3. The molecule has 156 valence electrons. The van der Waals surface area contributed by atoms with Crippen molar-refractivity contribution >= 4 is 21.7 Å². The third kappa shape index (κ3) is 6.88. The van der Waals surface area contributed by atoms with Gasteiger partial charge in [0.25, 0.3) is 10.0 Å². The Hall–Kier alpha value is -2.91. The molecular formula is C20H24N2O6S. The van der Waals surface area contributed by atoms with Crippen molar-refractivity contribution in [3.05, 3.63) is 54.1 Å². The molecular weight excluding hydrogens is 396 g/mol. The van der Waals surface area contributed by atoms with Crippen molar-refractivity contribution in [2.45, 2.75) is 31.6 Å². The second-order valence-corrected chi connectivity index (χ2v) is 7.62. The molecule has 0 atom stereocenters. The predicted octanol–water partition coefficient (Wildman–Crippen LogP) is 2.46. The summed E-state index contributed by atoms with van der Waals surface area (Å²) in [5, 5.41) is 0. The van der Waals surface area contributed by atoms with Crippen LogP contribution >= 0.6 is 0 Å². The highest BCUT2D eigenvalue weighted by atomic mass is 32.2. The zero-order chi connectivity index (χ0) is 21.3. The first-order valence-corrected chi connectivity index (χ1v) is 10.6. The molecule has 0 heterocycles. The van der Waals surface area contributed by atoms with E-state index >= 15 is 0 Å². The van der Waals surface area contributed by atoms with E-state index in [0.29, 0.717) is 30.3 Å². The first kappa shape index (κ1) is 22.4. The molecule has 2 aromatic carbocycles. The lowest BCUT2D eigenvalue weighted by molar-refractivity contribution is -0.121. The van der Waals surface area contributed by atoms with Gasteiger partial charge in [0.05, 0.1) is 18.1 Å². The summed E-state index contributed by atoms with van der Waals surface area (Å²) in [6.07, 6.45) is -0.206. The van der Waals surface area contributed by atoms with Crippen LogP contribution in [0.25, 0.3) is 0 Å². The van der Waals surface area contributed by atoms with Gasteiger partial charge in [0.1, 0.15) is 11.5 Å². The SMILES string of the molecule is CCOc1ccc(C(=O)CCC(=O)NNS(=O)(=O)c2ccc(OCC)cc2)cc1. The topological polar surface area (TPSA) is 111 Å². The summed E-state index contributed by atoms with van der Waals surface area (Å²) in [5.41, 5.74) is 2.57. The van der Waals surface area contributed by atoms with Gasteiger partial charge in [0, 0.05) is 18.4 Å². The molecule has 0 fully saturated rings. The summed E-state index contributed by atoms with van der Waals surface area (Å²) in [6.45, 7) is 4.68.